The fourth-order valence-electron chi connectivity index (χ4n) is 6.51. The highest BCUT2D eigenvalue weighted by Gasteiger charge is 2.31. The quantitative estimate of drug-likeness (QED) is 0.174. The number of hydrogen-bond acceptors (Lipinski definition) is 10. The minimum atomic E-state index is -0.593. The van der Waals surface area contributed by atoms with Gasteiger partial charge in [0.05, 0.1) is 6.61 Å². The van der Waals surface area contributed by atoms with Gasteiger partial charge in [0, 0.05) is 47.3 Å². The molecule has 0 unspecified atom stereocenters. The summed E-state index contributed by atoms with van der Waals surface area (Å²) in [6.07, 6.45) is 3.13. The number of azo groups is 1. The maximum absolute atomic E-state index is 13.8. The molecule has 2 aromatic carbocycles. The van der Waals surface area contributed by atoms with Gasteiger partial charge in [-0.1, -0.05) is 30.3 Å². The van der Waals surface area contributed by atoms with Crippen molar-refractivity contribution in [3.8, 4) is 11.1 Å². The predicted octanol–water partition coefficient (Wildman–Crippen LogP) is 7.49. The van der Waals surface area contributed by atoms with Crippen molar-refractivity contribution in [1.82, 2.24) is 10.3 Å². The highest BCUT2D eigenvalue weighted by molar-refractivity contribution is 6.01. The van der Waals surface area contributed by atoms with Crippen LogP contribution in [0.25, 0.3) is 11.1 Å². The summed E-state index contributed by atoms with van der Waals surface area (Å²) in [4.78, 5) is 60.5. The molecule has 2 aliphatic rings. The van der Waals surface area contributed by atoms with Crippen molar-refractivity contribution < 1.29 is 28.7 Å². The molecule has 1 atom stereocenters. The Morgan fingerprint density at radius 3 is 2.21 bits per heavy atom. The first-order chi connectivity index (χ1) is 24.9. The molecule has 0 spiro atoms. The first kappa shape index (κ1) is 38.0. The fraction of sp³-hybridized carbons (Fsp3) is 0.450. The molecule has 274 valence electrons. The molecule has 3 aromatic rings. The lowest BCUT2D eigenvalue weighted by atomic mass is 9.77. The second kappa shape index (κ2) is 17.3. The van der Waals surface area contributed by atoms with E-state index in [0.717, 1.165) is 35.1 Å². The Morgan fingerprint density at radius 1 is 0.904 bits per heavy atom. The van der Waals surface area contributed by atoms with Crippen molar-refractivity contribution >= 4 is 35.3 Å². The number of amidine groups is 1. The summed E-state index contributed by atoms with van der Waals surface area (Å²) in [5.74, 6) is -0.504. The normalized spacial score (nSPS) is 17.5. The molecule has 1 aliphatic heterocycles. The van der Waals surface area contributed by atoms with Gasteiger partial charge in [-0.05, 0) is 114 Å². The SMILES string of the molecule is CCOC(=O)c1ccc(-c2ccc(C[C@H](CC(=O)C3CCC(CNC(=O)OC(C)(C)C)CC3)C(=O)Nc3ccc(C4=NCN=N4)cc3)cc2)c(C)n1. The Morgan fingerprint density at radius 2 is 1.60 bits per heavy atom. The monoisotopic (exact) mass is 708 g/mol. The Bertz CT molecular complexity index is 1810. The predicted molar refractivity (Wildman–Crippen MR) is 198 cm³/mol. The number of aliphatic imine (C=N–C) groups is 1. The summed E-state index contributed by atoms with van der Waals surface area (Å²) in [6, 6.07) is 18.6. The Balaban J connectivity index is 1.25. The summed E-state index contributed by atoms with van der Waals surface area (Å²) in [6.45, 7) is 10.2. The highest BCUT2D eigenvalue weighted by Crippen LogP contribution is 2.32. The number of carbonyl (C=O) groups is 4. The summed E-state index contributed by atoms with van der Waals surface area (Å²) in [5, 5.41) is 13.8. The number of amides is 2. The topological polar surface area (TPSA) is 161 Å². The number of esters is 1. The van der Waals surface area contributed by atoms with Crippen LogP contribution in [0.1, 0.15) is 87.1 Å². The largest absolute Gasteiger partial charge is 0.461 e. The molecule has 0 radical (unpaired) electrons. The van der Waals surface area contributed by atoms with E-state index in [4.69, 9.17) is 9.47 Å². The van der Waals surface area contributed by atoms with Crippen LogP contribution in [0, 0.1) is 24.7 Å². The van der Waals surface area contributed by atoms with Crippen molar-refractivity contribution in [2.45, 2.75) is 78.7 Å². The molecule has 2 N–H and O–H groups in total. The van der Waals surface area contributed by atoms with Crippen LogP contribution in [-0.2, 0) is 25.5 Å². The smallest absolute Gasteiger partial charge is 0.407 e. The van der Waals surface area contributed by atoms with Crippen LogP contribution in [0.15, 0.2) is 75.9 Å². The lowest BCUT2D eigenvalue weighted by Gasteiger charge is -2.29. The van der Waals surface area contributed by atoms with Crippen LogP contribution in [0.5, 0.6) is 0 Å². The number of carbonyl (C=O) groups excluding carboxylic acids is 4. The number of pyridine rings is 1. The van der Waals surface area contributed by atoms with E-state index >= 15 is 0 Å². The van der Waals surface area contributed by atoms with E-state index in [9.17, 15) is 19.2 Å². The number of ether oxygens (including phenoxy) is 2. The number of aromatic nitrogens is 1. The van der Waals surface area contributed by atoms with Gasteiger partial charge >= 0.3 is 12.1 Å². The van der Waals surface area contributed by atoms with Crippen LogP contribution < -0.4 is 10.6 Å². The van der Waals surface area contributed by atoms with Crippen molar-refractivity contribution in [3.63, 3.8) is 0 Å². The zero-order chi connectivity index (χ0) is 37.3. The van der Waals surface area contributed by atoms with Crippen LogP contribution in [-0.4, -0.2) is 60.0 Å². The van der Waals surface area contributed by atoms with Gasteiger partial charge in [0.25, 0.3) is 0 Å². The number of nitrogens with one attached hydrogen (secondary N) is 2. The number of alkyl carbamates (subject to hydrolysis) is 1. The standard InChI is InChI=1S/C40H48N6O6/c1-6-51-38(49)34-20-19-33(25(2)44-34)28-11-7-26(8-12-28)21-31(37(48)45-32-17-15-30(16-18-32)36-42-24-43-46-36)22-35(47)29-13-9-27(10-14-29)23-41-39(50)52-40(3,4)5/h7-8,11-12,15-20,27,29,31H,6,9-10,13-14,21-24H2,1-5H3,(H,41,50)(H,45,48)/t27?,29?,31-/m1/s1. The van der Waals surface area contributed by atoms with E-state index < -0.39 is 23.6 Å². The maximum atomic E-state index is 13.8. The van der Waals surface area contributed by atoms with Crippen LogP contribution in [0.4, 0.5) is 10.5 Å². The molecular weight excluding hydrogens is 660 g/mol. The second-order valence-electron chi connectivity index (χ2n) is 14.3. The molecule has 12 nitrogen and oxygen atoms in total. The molecule has 1 fully saturated rings. The van der Waals surface area contributed by atoms with E-state index in [1.54, 1.807) is 25.1 Å². The lowest BCUT2D eigenvalue weighted by Crippen LogP contribution is -2.37. The summed E-state index contributed by atoms with van der Waals surface area (Å²) < 4.78 is 10.4. The summed E-state index contributed by atoms with van der Waals surface area (Å²) in [7, 11) is 0. The van der Waals surface area contributed by atoms with Crippen molar-refractivity contribution in [2.75, 3.05) is 25.1 Å². The molecule has 0 saturated heterocycles. The number of rotatable bonds is 13. The molecule has 0 bridgehead atoms. The number of anilines is 1. The van der Waals surface area contributed by atoms with Crippen LogP contribution in [0.3, 0.4) is 0 Å². The zero-order valence-electron chi connectivity index (χ0n) is 30.6. The van der Waals surface area contributed by atoms with Gasteiger partial charge in [-0.3, -0.25) is 9.59 Å². The first-order valence-electron chi connectivity index (χ1n) is 18.0. The maximum Gasteiger partial charge on any atom is 0.407 e. The second-order valence-corrected chi connectivity index (χ2v) is 14.3. The molecule has 2 heterocycles. The molecule has 12 heteroatoms. The third-order valence-corrected chi connectivity index (χ3v) is 9.23. The number of benzene rings is 2. The molecule has 2 amide bonds. The third-order valence-electron chi connectivity index (χ3n) is 9.23. The van der Waals surface area contributed by atoms with Crippen molar-refractivity contribution in [2.24, 2.45) is 33.0 Å². The van der Waals surface area contributed by atoms with Crippen LogP contribution >= 0.6 is 0 Å². The molecule has 5 rings (SSSR count). The number of aryl methyl sites for hydroxylation is 1. The van der Waals surface area contributed by atoms with Gasteiger partial charge in [0.2, 0.25) is 5.91 Å². The van der Waals surface area contributed by atoms with E-state index in [1.165, 1.54) is 0 Å². The summed E-state index contributed by atoms with van der Waals surface area (Å²) >= 11 is 0. The highest BCUT2D eigenvalue weighted by atomic mass is 16.6. The molecule has 1 aromatic heterocycles. The Kier molecular flexibility index (Phi) is 12.6. The molecular formula is C40H48N6O6. The van der Waals surface area contributed by atoms with Crippen molar-refractivity contribution in [1.29, 1.82) is 0 Å². The van der Waals surface area contributed by atoms with Gasteiger partial charge in [-0.15, -0.1) is 5.11 Å². The third kappa shape index (κ3) is 10.6. The Labute approximate surface area is 304 Å². The zero-order valence-corrected chi connectivity index (χ0v) is 30.6. The average Bonchev–Trinajstić information content (AvgIpc) is 3.66. The molecule has 1 aliphatic carbocycles. The fourth-order valence-corrected chi connectivity index (χ4v) is 6.51. The van der Waals surface area contributed by atoms with Gasteiger partial charge in [-0.25, -0.2) is 19.6 Å². The number of hydrogen-bond donors (Lipinski definition) is 2. The molecule has 52 heavy (non-hydrogen) atoms. The average molecular weight is 709 g/mol. The lowest BCUT2D eigenvalue weighted by molar-refractivity contribution is -0.129. The van der Waals surface area contributed by atoms with Gasteiger partial charge in [0.1, 0.15) is 17.1 Å². The van der Waals surface area contributed by atoms with E-state index in [-0.39, 0.29) is 42.2 Å². The Hall–Kier alpha value is -5.26. The summed E-state index contributed by atoms with van der Waals surface area (Å²) in [5.41, 5.74) is 4.55. The minimum Gasteiger partial charge on any atom is -0.461 e. The minimum absolute atomic E-state index is 0.0821. The van der Waals surface area contributed by atoms with Crippen molar-refractivity contribution in [3.05, 3.63) is 83.2 Å². The first-order valence-corrected chi connectivity index (χ1v) is 18.0. The molecule has 1 saturated carbocycles. The number of nitrogens with zero attached hydrogens (tertiary/aromatic N) is 4. The van der Waals surface area contributed by atoms with Gasteiger partial charge in [0.15, 0.2) is 12.5 Å². The van der Waals surface area contributed by atoms with Gasteiger partial charge in [-0.2, -0.15) is 5.11 Å². The van der Waals surface area contributed by atoms with E-state index in [2.05, 4.69) is 30.8 Å². The van der Waals surface area contributed by atoms with E-state index in [0.29, 0.717) is 49.7 Å². The van der Waals surface area contributed by atoms with E-state index in [1.807, 2.05) is 70.2 Å². The van der Waals surface area contributed by atoms with Crippen LogP contribution in [0.2, 0.25) is 0 Å². The van der Waals surface area contributed by atoms with Gasteiger partial charge < -0.3 is 20.1 Å². The number of Topliss-reactive ketones (excluding diaryl/α,β-unsaturated/α-hetero) is 1. The number of ketones is 1.